The number of hydrogen-bond donors (Lipinski definition) is 2. The minimum atomic E-state index is -0.154. The van der Waals surface area contributed by atoms with E-state index >= 15 is 0 Å². The molecule has 2 aromatic rings. The standard InChI is InChI=1S/C16H21N3O2/c1-11-10-21-13(9-20)8-19(11)16-12(6-17)7-18-15-5-3-2-4-14(15)16/h2-5,7,11,13,20H,6,8-10,17H2,1H3. The molecular formula is C16H21N3O2. The van der Waals surface area contributed by atoms with Gasteiger partial charge in [-0.05, 0) is 13.0 Å². The number of hydrogen-bond acceptors (Lipinski definition) is 5. The van der Waals surface area contributed by atoms with Crippen LogP contribution in [0, 0.1) is 0 Å². The number of fused-ring (bicyclic) bond motifs is 1. The van der Waals surface area contributed by atoms with E-state index in [2.05, 4.69) is 22.9 Å². The number of rotatable bonds is 3. The summed E-state index contributed by atoms with van der Waals surface area (Å²) in [5, 5.41) is 10.5. The largest absolute Gasteiger partial charge is 0.394 e. The molecule has 0 radical (unpaired) electrons. The zero-order chi connectivity index (χ0) is 14.8. The molecule has 1 aromatic heterocycles. The summed E-state index contributed by atoms with van der Waals surface area (Å²) in [5.41, 5.74) is 9.03. The minimum absolute atomic E-state index is 0.0319. The summed E-state index contributed by atoms with van der Waals surface area (Å²) in [6.07, 6.45) is 1.70. The summed E-state index contributed by atoms with van der Waals surface area (Å²) in [6.45, 7) is 3.87. The second-order valence-electron chi connectivity index (χ2n) is 5.49. The molecule has 112 valence electrons. The predicted octanol–water partition coefficient (Wildman–Crippen LogP) is 1.28. The highest BCUT2D eigenvalue weighted by Gasteiger charge is 2.28. The molecule has 2 heterocycles. The van der Waals surface area contributed by atoms with Crippen molar-refractivity contribution in [1.29, 1.82) is 0 Å². The number of nitrogens with two attached hydrogens (primary N) is 1. The first-order chi connectivity index (χ1) is 10.2. The van der Waals surface area contributed by atoms with Crippen molar-refractivity contribution in [3.63, 3.8) is 0 Å². The van der Waals surface area contributed by atoms with Crippen molar-refractivity contribution in [3.05, 3.63) is 36.0 Å². The maximum atomic E-state index is 9.39. The van der Waals surface area contributed by atoms with E-state index in [9.17, 15) is 5.11 Å². The predicted molar refractivity (Wildman–Crippen MR) is 83.3 cm³/mol. The van der Waals surface area contributed by atoms with Gasteiger partial charge in [0.2, 0.25) is 0 Å². The summed E-state index contributed by atoms with van der Waals surface area (Å²) in [5.74, 6) is 0. The van der Waals surface area contributed by atoms with Gasteiger partial charge in [0.15, 0.2) is 0 Å². The molecule has 3 N–H and O–H groups in total. The molecule has 1 aromatic carbocycles. The molecule has 2 unspecified atom stereocenters. The van der Waals surface area contributed by atoms with Crippen LogP contribution in [-0.4, -0.2) is 42.0 Å². The second-order valence-corrected chi connectivity index (χ2v) is 5.49. The Bertz CT molecular complexity index is 632. The van der Waals surface area contributed by atoms with Crippen molar-refractivity contribution in [2.24, 2.45) is 5.73 Å². The number of para-hydroxylation sites is 1. The average Bonchev–Trinajstić information content (AvgIpc) is 2.54. The van der Waals surface area contributed by atoms with Gasteiger partial charge in [-0.25, -0.2) is 0 Å². The van der Waals surface area contributed by atoms with E-state index in [1.807, 2.05) is 24.4 Å². The smallest absolute Gasteiger partial charge is 0.0981 e. The summed E-state index contributed by atoms with van der Waals surface area (Å²) in [7, 11) is 0. The van der Waals surface area contributed by atoms with Crippen LogP contribution in [0.15, 0.2) is 30.5 Å². The fourth-order valence-electron chi connectivity index (χ4n) is 2.90. The van der Waals surface area contributed by atoms with Crippen molar-refractivity contribution in [3.8, 4) is 0 Å². The molecule has 0 saturated carbocycles. The van der Waals surface area contributed by atoms with E-state index in [0.29, 0.717) is 19.7 Å². The van der Waals surface area contributed by atoms with Gasteiger partial charge in [0.25, 0.3) is 0 Å². The maximum Gasteiger partial charge on any atom is 0.0981 e. The number of morpholine rings is 1. The van der Waals surface area contributed by atoms with Crippen molar-refractivity contribution < 1.29 is 9.84 Å². The molecule has 2 atom stereocenters. The number of aliphatic hydroxyl groups excluding tert-OH is 1. The van der Waals surface area contributed by atoms with Gasteiger partial charge >= 0.3 is 0 Å². The molecule has 0 bridgehead atoms. The van der Waals surface area contributed by atoms with Crippen molar-refractivity contribution in [2.75, 3.05) is 24.7 Å². The molecule has 0 aliphatic carbocycles. The van der Waals surface area contributed by atoms with E-state index in [-0.39, 0.29) is 18.8 Å². The molecule has 1 aliphatic heterocycles. The van der Waals surface area contributed by atoms with Gasteiger partial charge in [-0.3, -0.25) is 4.98 Å². The number of pyridine rings is 1. The maximum absolute atomic E-state index is 9.39. The van der Waals surface area contributed by atoms with Gasteiger partial charge in [0, 0.05) is 36.3 Å². The van der Waals surface area contributed by atoms with Crippen LogP contribution in [0.2, 0.25) is 0 Å². The molecule has 5 heteroatoms. The quantitative estimate of drug-likeness (QED) is 0.890. The fourth-order valence-corrected chi connectivity index (χ4v) is 2.90. The summed E-state index contributed by atoms with van der Waals surface area (Å²) >= 11 is 0. The first kappa shape index (κ1) is 14.3. The zero-order valence-electron chi connectivity index (χ0n) is 12.2. The number of aromatic nitrogens is 1. The Morgan fingerprint density at radius 3 is 3.00 bits per heavy atom. The fraction of sp³-hybridized carbons (Fsp3) is 0.438. The third kappa shape index (κ3) is 2.60. The first-order valence-corrected chi connectivity index (χ1v) is 7.30. The lowest BCUT2D eigenvalue weighted by Gasteiger charge is -2.40. The SMILES string of the molecule is CC1COC(CO)CN1c1c(CN)cnc2ccccc12. The molecule has 3 rings (SSSR count). The number of nitrogens with zero attached hydrogens (tertiary/aromatic N) is 2. The van der Waals surface area contributed by atoms with Crippen LogP contribution in [0.4, 0.5) is 5.69 Å². The Hall–Kier alpha value is -1.69. The minimum Gasteiger partial charge on any atom is -0.394 e. The van der Waals surface area contributed by atoms with E-state index in [1.165, 1.54) is 0 Å². The molecule has 0 amide bonds. The molecular weight excluding hydrogens is 266 g/mol. The Labute approximate surface area is 124 Å². The molecule has 1 fully saturated rings. The van der Waals surface area contributed by atoms with Gasteiger partial charge in [-0.15, -0.1) is 0 Å². The van der Waals surface area contributed by atoms with Crippen LogP contribution in [-0.2, 0) is 11.3 Å². The van der Waals surface area contributed by atoms with Gasteiger partial charge < -0.3 is 20.5 Å². The van der Waals surface area contributed by atoms with Crippen LogP contribution in [0.1, 0.15) is 12.5 Å². The molecule has 0 spiro atoms. The van der Waals surface area contributed by atoms with Crippen LogP contribution in [0.25, 0.3) is 10.9 Å². The molecule has 1 saturated heterocycles. The van der Waals surface area contributed by atoms with E-state index < -0.39 is 0 Å². The third-order valence-corrected chi connectivity index (χ3v) is 4.04. The summed E-state index contributed by atoms with van der Waals surface area (Å²) < 4.78 is 5.64. The van der Waals surface area contributed by atoms with Crippen LogP contribution in [0.3, 0.4) is 0 Å². The van der Waals surface area contributed by atoms with Gasteiger partial charge in [-0.2, -0.15) is 0 Å². The van der Waals surface area contributed by atoms with E-state index in [4.69, 9.17) is 10.5 Å². The van der Waals surface area contributed by atoms with Crippen molar-refractivity contribution in [2.45, 2.75) is 25.6 Å². The lowest BCUT2D eigenvalue weighted by Crippen LogP contribution is -2.50. The van der Waals surface area contributed by atoms with Crippen LogP contribution in [0.5, 0.6) is 0 Å². The highest BCUT2D eigenvalue weighted by molar-refractivity contribution is 5.93. The zero-order valence-corrected chi connectivity index (χ0v) is 12.2. The Balaban J connectivity index is 2.12. The van der Waals surface area contributed by atoms with E-state index in [0.717, 1.165) is 22.2 Å². The first-order valence-electron chi connectivity index (χ1n) is 7.30. The molecule has 21 heavy (non-hydrogen) atoms. The van der Waals surface area contributed by atoms with Crippen LogP contribution >= 0.6 is 0 Å². The number of ether oxygens (including phenoxy) is 1. The highest BCUT2D eigenvalue weighted by atomic mass is 16.5. The number of anilines is 1. The molecule has 5 nitrogen and oxygen atoms in total. The van der Waals surface area contributed by atoms with Crippen molar-refractivity contribution in [1.82, 2.24) is 4.98 Å². The normalized spacial score (nSPS) is 22.7. The highest BCUT2D eigenvalue weighted by Crippen LogP contribution is 2.32. The molecule has 1 aliphatic rings. The third-order valence-electron chi connectivity index (χ3n) is 4.04. The topological polar surface area (TPSA) is 71.6 Å². The van der Waals surface area contributed by atoms with Crippen molar-refractivity contribution >= 4 is 16.6 Å². The summed E-state index contributed by atoms with van der Waals surface area (Å²) in [4.78, 5) is 6.77. The Morgan fingerprint density at radius 2 is 2.24 bits per heavy atom. The van der Waals surface area contributed by atoms with Gasteiger partial charge in [-0.1, -0.05) is 18.2 Å². The lowest BCUT2D eigenvalue weighted by molar-refractivity contribution is -0.0102. The average molecular weight is 287 g/mol. The Kier molecular flexibility index (Phi) is 4.05. The monoisotopic (exact) mass is 287 g/mol. The van der Waals surface area contributed by atoms with Gasteiger partial charge in [0.05, 0.1) is 30.5 Å². The van der Waals surface area contributed by atoms with E-state index in [1.54, 1.807) is 0 Å². The number of benzene rings is 1. The summed E-state index contributed by atoms with van der Waals surface area (Å²) in [6, 6.07) is 8.33. The lowest BCUT2D eigenvalue weighted by atomic mass is 10.0. The van der Waals surface area contributed by atoms with Gasteiger partial charge in [0.1, 0.15) is 0 Å². The van der Waals surface area contributed by atoms with Crippen LogP contribution < -0.4 is 10.6 Å². The second kappa shape index (κ2) is 5.97. The Morgan fingerprint density at radius 1 is 1.43 bits per heavy atom. The number of aliphatic hydroxyl groups is 1.